The fourth-order valence-corrected chi connectivity index (χ4v) is 2.16. The summed E-state index contributed by atoms with van der Waals surface area (Å²) in [6.45, 7) is 1.53. The average molecular weight is 214 g/mol. The van der Waals surface area contributed by atoms with Crippen molar-refractivity contribution in [2.75, 3.05) is 19.0 Å². The molecule has 1 amide bonds. The molecule has 78 valence electrons. The molecule has 0 saturated heterocycles. The number of anilines is 1. The van der Waals surface area contributed by atoms with Crippen molar-refractivity contribution in [2.24, 2.45) is 0 Å². The Bertz CT molecular complexity index is 308. The molecule has 0 saturated carbocycles. The fraction of sp³-hybridized carbons (Fsp3) is 0.444. The molecule has 1 heterocycles. The van der Waals surface area contributed by atoms with Crippen LogP contribution in [-0.4, -0.2) is 24.7 Å². The fourth-order valence-electron chi connectivity index (χ4n) is 1.10. The minimum Gasteiger partial charge on any atom is -0.394 e. The topological polar surface area (TPSA) is 61.4 Å². The zero-order valence-electron chi connectivity index (χ0n) is 8.20. The lowest BCUT2D eigenvalue weighted by Gasteiger charge is -2.09. The Kier molecular flexibility index (Phi) is 4.06. The van der Waals surface area contributed by atoms with E-state index < -0.39 is 0 Å². The lowest BCUT2D eigenvalue weighted by molar-refractivity contribution is -0.114. The van der Waals surface area contributed by atoms with Gasteiger partial charge in [-0.1, -0.05) is 0 Å². The van der Waals surface area contributed by atoms with E-state index in [9.17, 15) is 4.79 Å². The molecule has 1 aromatic heterocycles. The van der Waals surface area contributed by atoms with Crippen molar-refractivity contribution in [3.63, 3.8) is 0 Å². The Morgan fingerprint density at radius 2 is 2.36 bits per heavy atom. The van der Waals surface area contributed by atoms with Gasteiger partial charge in [0.25, 0.3) is 0 Å². The van der Waals surface area contributed by atoms with Gasteiger partial charge in [-0.15, -0.1) is 11.3 Å². The van der Waals surface area contributed by atoms with E-state index in [0.29, 0.717) is 0 Å². The van der Waals surface area contributed by atoms with Gasteiger partial charge < -0.3 is 15.7 Å². The van der Waals surface area contributed by atoms with Crippen LogP contribution in [0.4, 0.5) is 5.00 Å². The third-order valence-corrected chi connectivity index (χ3v) is 2.91. The molecule has 0 fully saturated rings. The van der Waals surface area contributed by atoms with Crippen LogP contribution in [0.5, 0.6) is 0 Å². The van der Waals surface area contributed by atoms with Crippen LogP contribution in [0.15, 0.2) is 12.1 Å². The van der Waals surface area contributed by atoms with E-state index in [4.69, 9.17) is 5.11 Å². The predicted molar refractivity (Wildman–Crippen MR) is 57.5 cm³/mol. The first kappa shape index (κ1) is 11.2. The molecule has 4 nitrogen and oxygen atoms in total. The summed E-state index contributed by atoms with van der Waals surface area (Å²) in [5.74, 6) is -0.0802. The molecular weight excluding hydrogens is 200 g/mol. The maximum Gasteiger partial charge on any atom is 0.221 e. The minimum atomic E-state index is -0.0802. The number of carbonyl (C=O) groups excluding carboxylic acids is 1. The van der Waals surface area contributed by atoms with Crippen molar-refractivity contribution < 1.29 is 9.90 Å². The number of aliphatic hydroxyl groups is 1. The Hall–Kier alpha value is -0.910. The maximum absolute atomic E-state index is 10.8. The van der Waals surface area contributed by atoms with Crippen molar-refractivity contribution in [3.05, 3.63) is 17.0 Å². The van der Waals surface area contributed by atoms with Crippen molar-refractivity contribution >= 4 is 22.2 Å². The highest BCUT2D eigenvalue weighted by Crippen LogP contribution is 2.26. The van der Waals surface area contributed by atoms with Crippen LogP contribution < -0.4 is 10.6 Å². The number of rotatable bonds is 4. The first-order valence-electron chi connectivity index (χ1n) is 4.32. The van der Waals surface area contributed by atoms with Crippen LogP contribution in [-0.2, 0) is 4.79 Å². The lowest BCUT2D eigenvalue weighted by Crippen LogP contribution is -2.18. The Labute approximate surface area is 87.0 Å². The Morgan fingerprint density at radius 1 is 1.64 bits per heavy atom. The van der Waals surface area contributed by atoms with Crippen LogP contribution in [0.2, 0.25) is 0 Å². The summed E-state index contributed by atoms with van der Waals surface area (Å²) in [5, 5.41) is 15.5. The number of carbonyl (C=O) groups is 1. The Morgan fingerprint density at radius 3 is 2.86 bits per heavy atom. The molecule has 0 aliphatic heterocycles. The van der Waals surface area contributed by atoms with E-state index in [1.165, 1.54) is 18.3 Å². The lowest BCUT2D eigenvalue weighted by atomic mass is 10.2. The maximum atomic E-state index is 10.8. The van der Waals surface area contributed by atoms with Gasteiger partial charge in [0.1, 0.15) is 0 Å². The van der Waals surface area contributed by atoms with Gasteiger partial charge in [0.15, 0.2) is 0 Å². The molecule has 1 aromatic rings. The van der Waals surface area contributed by atoms with E-state index in [0.717, 1.165) is 9.88 Å². The number of thiophene rings is 1. The highest BCUT2D eigenvalue weighted by Gasteiger charge is 2.10. The third kappa shape index (κ3) is 2.80. The van der Waals surface area contributed by atoms with Gasteiger partial charge in [-0.05, 0) is 19.2 Å². The highest BCUT2D eigenvalue weighted by atomic mass is 32.1. The van der Waals surface area contributed by atoms with E-state index in [2.05, 4.69) is 10.6 Å². The summed E-state index contributed by atoms with van der Waals surface area (Å²) < 4.78 is 0. The molecule has 0 bridgehead atoms. The molecule has 1 rings (SSSR count). The largest absolute Gasteiger partial charge is 0.394 e. The van der Waals surface area contributed by atoms with Gasteiger partial charge in [0.2, 0.25) is 5.91 Å². The number of nitrogens with one attached hydrogen (secondary N) is 2. The molecule has 0 aliphatic rings. The zero-order valence-corrected chi connectivity index (χ0v) is 9.02. The molecule has 0 aromatic carbocycles. The number of likely N-dealkylation sites (N-methyl/N-ethyl adjacent to an activating group) is 1. The smallest absolute Gasteiger partial charge is 0.221 e. The second-order valence-corrected chi connectivity index (χ2v) is 4.02. The molecule has 0 unspecified atom stereocenters. The molecule has 5 heteroatoms. The summed E-state index contributed by atoms with van der Waals surface area (Å²) in [6.07, 6.45) is 0. The second-order valence-electron chi connectivity index (χ2n) is 2.91. The zero-order chi connectivity index (χ0) is 10.6. The van der Waals surface area contributed by atoms with Gasteiger partial charge in [-0.3, -0.25) is 4.79 Å². The van der Waals surface area contributed by atoms with Gasteiger partial charge in [0.05, 0.1) is 17.6 Å². The monoisotopic (exact) mass is 214 g/mol. The molecule has 1 atom stereocenters. The molecule has 0 aliphatic carbocycles. The second kappa shape index (κ2) is 5.09. The van der Waals surface area contributed by atoms with Gasteiger partial charge in [-0.25, -0.2) is 0 Å². The number of hydrogen-bond donors (Lipinski definition) is 3. The molecule has 3 N–H and O–H groups in total. The third-order valence-electron chi connectivity index (χ3n) is 1.80. The summed E-state index contributed by atoms with van der Waals surface area (Å²) in [6, 6.07) is 3.68. The number of amides is 1. The highest BCUT2D eigenvalue weighted by molar-refractivity contribution is 7.16. The number of aliphatic hydroxyl groups excluding tert-OH is 1. The first-order chi connectivity index (χ1) is 6.67. The van der Waals surface area contributed by atoms with E-state index >= 15 is 0 Å². The van der Waals surface area contributed by atoms with E-state index in [1.807, 2.05) is 12.1 Å². The molecule has 0 spiro atoms. The standard InChI is InChI=1S/C9H14N2O2S/c1-6(13)11-9-4-3-8(14-9)7(5-12)10-2/h3-4,7,10,12H,5H2,1-2H3,(H,11,13)/t7-/m1/s1. The van der Waals surface area contributed by atoms with Gasteiger partial charge >= 0.3 is 0 Å². The summed E-state index contributed by atoms with van der Waals surface area (Å²) in [7, 11) is 1.79. The molecular formula is C9H14N2O2S. The van der Waals surface area contributed by atoms with Crippen molar-refractivity contribution in [2.45, 2.75) is 13.0 Å². The minimum absolute atomic E-state index is 0.0521. The SMILES string of the molecule is CN[C@H](CO)c1ccc(NC(C)=O)s1. The quantitative estimate of drug-likeness (QED) is 0.699. The van der Waals surface area contributed by atoms with Crippen LogP contribution in [0, 0.1) is 0 Å². The Balaban J connectivity index is 2.71. The van der Waals surface area contributed by atoms with Crippen LogP contribution >= 0.6 is 11.3 Å². The van der Waals surface area contributed by atoms with E-state index in [1.54, 1.807) is 7.05 Å². The summed E-state index contributed by atoms with van der Waals surface area (Å²) >= 11 is 1.46. The predicted octanol–water partition coefficient (Wildman–Crippen LogP) is 0.959. The molecule has 0 radical (unpaired) electrons. The van der Waals surface area contributed by atoms with Crippen LogP contribution in [0.3, 0.4) is 0 Å². The average Bonchev–Trinajstić information content (AvgIpc) is 2.54. The van der Waals surface area contributed by atoms with Gasteiger partial charge in [0, 0.05) is 11.8 Å². The number of hydrogen-bond acceptors (Lipinski definition) is 4. The van der Waals surface area contributed by atoms with Crippen LogP contribution in [0.25, 0.3) is 0 Å². The summed E-state index contributed by atoms with van der Waals surface area (Å²) in [5.41, 5.74) is 0. The van der Waals surface area contributed by atoms with Crippen LogP contribution in [0.1, 0.15) is 17.8 Å². The van der Waals surface area contributed by atoms with Gasteiger partial charge in [-0.2, -0.15) is 0 Å². The normalized spacial score (nSPS) is 12.5. The first-order valence-corrected chi connectivity index (χ1v) is 5.14. The summed E-state index contributed by atoms with van der Waals surface area (Å²) in [4.78, 5) is 11.8. The molecule has 14 heavy (non-hydrogen) atoms. The van der Waals surface area contributed by atoms with Crippen molar-refractivity contribution in [3.8, 4) is 0 Å². The van der Waals surface area contributed by atoms with Crippen molar-refractivity contribution in [1.82, 2.24) is 5.32 Å². The van der Waals surface area contributed by atoms with E-state index in [-0.39, 0.29) is 18.6 Å². The van der Waals surface area contributed by atoms with Crippen molar-refractivity contribution in [1.29, 1.82) is 0 Å².